The lowest BCUT2D eigenvalue weighted by atomic mass is 10.3. The fraction of sp³-hybridized carbons (Fsp3) is 0.0833. The summed E-state index contributed by atoms with van der Waals surface area (Å²) in [5, 5.41) is 15.7. The Labute approximate surface area is 108 Å². The molecule has 0 unspecified atom stereocenters. The lowest BCUT2D eigenvalue weighted by Crippen LogP contribution is -2.27. The number of urea groups is 1. The molecule has 1 aromatic heterocycles. The van der Waals surface area contributed by atoms with Crippen LogP contribution in [-0.2, 0) is 6.54 Å². The Morgan fingerprint density at radius 1 is 1.26 bits per heavy atom. The number of hydrogen-bond donors (Lipinski definition) is 3. The van der Waals surface area contributed by atoms with Crippen molar-refractivity contribution in [3.63, 3.8) is 0 Å². The van der Waals surface area contributed by atoms with E-state index < -0.39 is 4.92 Å². The molecule has 0 radical (unpaired) electrons. The van der Waals surface area contributed by atoms with Crippen LogP contribution < -0.4 is 10.6 Å². The molecule has 7 nitrogen and oxygen atoms in total. The van der Waals surface area contributed by atoms with Crippen LogP contribution in [0.2, 0.25) is 0 Å². The molecule has 7 heteroatoms. The second-order valence-corrected chi connectivity index (χ2v) is 3.83. The van der Waals surface area contributed by atoms with Gasteiger partial charge < -0.3 is 15.6 Å². The molecule has 0 aliphatic heterocycles. The van der Waals surface area contributed by atoms with E-state index in [1.54, 1.807) is 12.4 Å². The zero-order valence-corrected chi connectivity index (χ0v) is 9.92. The number of H-pyrrole nitrogens is 1. The average Bonchev–Trinajstić information content (AvgIpc) is 2.90. The number of aromatic amines is 1. The highest BCUT2D eigenvalue weighted by Crippen LogP contribution is 2.15. The zero-order valence-electron chi connectivity index (χ0n) is 9.92. The Bertz CT molecular complexity index is 563. The van der Waals surface area contributed by atoms with Crippen LogP contribution >= 0.6 is 0 Å². The van der Waals surface area contributed by atoms with E-state index >= 15 is 0 Å². The largest absolute Gasteiger partial charge is 0.367 e. The molecule has 98 valence electrons. The minimum absolute atomic E-state index is 0.0155. The van der Waals surface area contributed by atoms with Crippen LogP contribution in [-0.4, -0.2) is 15.9 Å². The number of nitro benzene ring substituents is 1. The molecule has 2 amide bonds. The van der Waals surface area contributed by atoms with E-state index in [0.717, 1.165) is 5.56 Å². The number of hydrogen-bond acceptors (Lipinski definition) is 3. The summed E-state index contributed by atoms with van der Waals surface area (Å²) in [6.45, 7) is 0.405. The molecule has 0 aliphatic rings. The first kappa shape index (κ1) is 12.6. The third-order valence-electron chi connectivity index (χ3n) is 2.45. The molecule has 0 aliphatic carbocycles. The number of rotatable bonds is 4. The lowest BCUT2D eigenvalue weighted by Gasteiger charge is -2.06. The molecule has 1 heterocycles. The van der Waals surface area contributed by atoms with Gasteiger partial charge in [-0.15, -0.1) is 0 Å². The van der Waals surface area contributed by atoms with Crippen LogP contribution in [0.1, 0.15) is 5.56 Å². The Morgan fingerprint density at radius 3 is 2.58 bits per heavy atom. The molecule has 3 N–H and O–H groups in total. The van der Waals surface area contributed by atoms with Crippen molar-refractivity contribution in [3.05, 3.63) is 58.4 Å². The summed E-state index contributed by atoms with van der Waals surface area (Å²) in [5.74, 6) is 0. The van der Waals surface area contributed by atoms with Gasteiger partial charge in [-0.05, 0) is 23.8 Å². The molecule has 2 rings (SSSR count). The van der Waals surface area contributed by atoms with Crippen LogP contribution in [0, 0.1) is 10.1 Å². The Hall–Kier alpha value is -2.83. The molecular weight excluding hydrogens is 248 g/mol. The molecule has 0 atom stereocenters. The smallest absolute Gasteiger partial charge is 0.319 e. The van der Waals surface area contributed by atoms with Crippen molar-refractivity contribution in [2.75, 3.05) is 5.32 Å². The standard InChI is InChI=1S/C12H12N4O3/c17-12(14-8-9-5-6-13-7-9)15-10-1-3-11(4-2-10)16(18)19/h1-7,13H,8H2,(H2,14,15,17). The van der Waals surface area contributed by atoms with Crippen LogP contribution in [0.5, 0.6) is 0 Å². The van der Waals surface area contributed by atoms with E-state index in [1.807, 2.05) is 6.07 Å². The summed E-state index contributed by atoms with van der Waals surface area (Å²) >= 11 is 0. The van der Waals surface area contributed by atoms with Gasteiger partial charge in [-0.1, -0.05) is 0 Å². The van der Waals surface area contributed by atoms with Crippen LogP contribution in [0.15, 0.2) is 42.7 Å². The first-order valence-corrected chi connectivity index (χ1v) is 5.56. The number of aromatic nitrogens is 1. The lowest BCUT2D eigenvalue weighted by molar-refractivity contribution is -0.384. The minimum atomic E-state index is -0.490. The number of amides is 2. The quantitative estimate of drug-likeness (QED) is 0.580. The van der Waals surface area contributed by atoms with E-state index in [0.29, 0.717) is 12.2 Å². The number of nitro groups is 1. The van der Waals surface area contributed by atoms with Gasteiger partial charge in [0.1, 0.15) is 0 Å². The maximum atomic E-state index is 11.6. The summed E-state index contributed by atoms with van der Waals surface area (Å²) in [7, 11) is 0. The van der Waals surface area contributed by atoms with E-state index in [4.69, 9.17) is 0 Å². The van der Waals surface area contributed by atoms with Gasteiger partial charge in [-0.3, -0.25) is 10.1 Å². The summed E-state index contributed by atoms with van der Waals surface area (Å²) in [6, 6.07) is 7.12. The second-order valence-electron chi connectivity index (χ2n) is 3.83. The molecule has 19 heavy (non-hydrogen) atoms. The van der Waals surface area contributed by atoms with Gasteiger partial charge in [0.2, 0.25) is 0 Å². The van der Waals surface area contributed by atoms with Crippen molar-refractivity contribution in [1.29, 1.82) is 0 Å². The first-order chi connectivity index (χ1) is 9.15. The fourth-order valence-corrected chi connectivity index (χ4v) is 1.49. The molecule has 0 bridgehead atoms. The normalized spacial score (nSPS) is 9.89. The van der Waals surface area contributed by atoms with Crippen molar-refractivity contribution in [2.45, 2.75) is 6.54 Å². The molecule has 1 aromatic carbocycles. The number of carbonyl (C=O) groups is 1. The summed E-state index contributed by atoms with van der Waals surface area (Å²) in [4.78, 5) is 24.4. The van der Waals surface area contributed by atoms with Crippen molar-refractivity contribution in [1.82, 2.24) is 10.3 Å². The van der Waals surface area contributed by atoms with E-state index in [1.165, 1.54) is 24.3 Å². The summed E-state index contributed by atoms with van der Waals surface area (Å²) in [5.41, 5.74) is 1.44. The van der Waals surface area contributed by atoms with Gasteiger partial charge in [-0.25, -0.2) is 4.79 Å². The third-order valence-corrected chi connectivity index (χ3v) is 2.45. The molecule has 0 fully saturated rings. The number of nitrogens with zero attached hydrogens (tertiary/aromatic N) is 1. The van der Waals surface area contributed by atoms with Gasteiger partial charge in [0.05, 0.1) is 4.92 Å². The molecule has 2 aromatic rings. The van der Waals surface area contributed by atoms with Gasteiger partial charge >= 0.3 is 6.03 Å². The van der Waals surface area contributed by atoms with E-state index in [-0.39, 0.29) is 11.7 Å². The number of benzene rings is 1. The Balaban J connectivity index is 1.86. The number of anilines is 1. The third kappa shape index (κ3) is 3.56. The summed E-state index contributed by atoms with van der Waals surface area (Å²) < 4.78 is 0. The predicted molar refractivity (Wildman–Crippen MR) is 69.7 cm³/mol. The van der Waals surface area contributed by atoms with Crippen molar-refractivity contribution < 1.29 is 9.72 Å². The highest BCUT2D eigenvalue weighted by molar-refractivity contribution is 5.89. The van der Waals surface area contributed by atoms with E-state index in [9.17, 15) is 14.9 Å². The first-order valence-electron chi connectivity index (χ1n) is 5.56. The molecule has 0 saturated heterocycles. The van der Waals surface area contributed by atoms with Gasteiger partial charge in [0.15, 0.2) is 0 Å². The summed E-state index contributed by atoms with van der Waals surface area (Å²) in [6.07, 6.45) is 3.55. The zero-order chi connectivity index (χ0) is 13.7. The molecular formula is C12H12N4O3. The SMILES string of the molecule is O=C(NCc1cc[nH]c1)Nc1ccc([N+](=O)[O-])cc1. The highest BCUT2D eigenvalue weighted by Gasteiger charge is 2.06. The van der Waals surface area contributed by atoms with Crippen molar-refractivity contribution >= 4 is 17.4 Å². The van der Waals surface area contributed by atoms with Crippen molar-refractivity contribution in [2.24, 2.45) is 0 Å². The maximum Gasteiger partial charge on any atom is 0.319 e. The van der Waals surface area contributed by atoms with Crippen molar-refractivity contribution in [3.8, 4) is 0 Å². The molecule has 0 saturated carbocycles. The van der Waals surface area contributed by atoms with Gasteiger partial charge in [-0.2, -0.15) is 0 Å². The number of nitrogens with one attached hydrogen (secondary N) is 3. The number of non-ortho nitro benzene ring substituents is 1. The van der Waals surface area contributed by atoms with Crippen LogP contribution in [0.4, 0.5) is 16.2 Å². The number of carbonyl (C=O) groups excluding carboxylic acids is 1. The monoisotopic (exact) mass is 260 g/mol. The maximum absolute atomic E-state index is 11.6. The average molecular weight is 260 g/mol. The van der Waals surface area contributed by atoms with Crippen LogP contribution in [0.25, 0.3) is 0 Å². The Morgan fingerprint density at radius 2 is 2.00 bits per heavy atom. The van der Waals surface area contributed by atoms with Gasteiger partial charge in [0, 0.05) is 36.8 Å². The Kier molecular flexibility index (Phi) is 3.77. The topological polar surface area (TPSA) is 100 Å². The molecule has 0 spiro atoms. The highest BCUT2D eigenvalue weighted by atomic mass is 16.6. The second kappa shape index (κ2) is 5.67. The fourth-order valence-electron chi connectivity index (χ4n) is 1.49. The predicted octanol–water partition coefficient (Wildman–Crippen LogP) is 2.24. The minimum Gasteiger partial charge on any atom is -0.367 e. The van der Waals surface area contributed by atoms with Crippen LogP contribution in [0.3, 0.4) is 0 Å². The van der Waals surface area contributed by atoms with E-state index in [2.05, 4.69) is 15.6 Å². The van der Waals surface area contributed by atoms with Gasteiger partial charge in [0.25, 0.3) is 5.69 Å².